The number of rotatable bonds is 5. The largest absolute Gasteiger partial charge is 0.496 e. The molecular formula is C20H16F2N2O2. The molecule has 0 saturated heterocycles. The predicted molar refractivity (Wildman–Crippen MR) is 94.3 cm³/mol. The molecule has 26 heavy (non-hydrogen) atoms. The molecule has 0 saturated carbocycles. The molecule has 0 radical (unpaired) electrons. The maximum Gasteiger partial charge on any atom is 0.261 e. The smallest absolute Gasteiger partial charge is 0.261 e. The molecule has 0 aliphatic heterocycles. The number of nitrogens with one attached hydrogen (secondary N) is 1. The Hall–Kier alpha value is -3.28. The van der Waals surface area contributed by atoms with Crippen molar-refractivity contribution in [3.63, 3.8) is 0 Å². The van der Waals surface area contributed by atoms with Gasteiger partial charge >= 0.3 is 0 Å². The summed E-state index contributed by atoms with van der Waals surface area (Å²) in [4.78, 5) is 16.4. The normalized spacial score (nSPS) is 10.4. The van der Waals surface area contributed by atoms with Crippen LogP contribution in [-0.4, -0.2) is 18.0 Å². The number of amides is 1. The molecule has 1 amide bonds. The van der Waals surface area contributed by atoms with Crippen molar-refractivity contribution in [1.82, 2.24) is 4.98 Å². The van der Waals surface area contributed by atoms with Gasteiger partial charge in [-0.25, -0.2) is 8.78 Å². The number of benzene rings is 2. The number of carbonyl (C=O) groups is 1. The van der Waals surface area contributed by atoms with Crippen molar-refractivity contribution in [1.29, 1.82) is 0 Å². The summed E-state index contributed by atoms with van der Waals surface area (Å²) in [6, 6.07) is 14.2. The summed E-state index contributed by atoms with van der Waals surface area (Å²) in [5, 5.41) is 2.45. The Morgan fingerprint density at radius 1 is 1.04 bits per heavy atom. The van der Waals surface area contributed by atoms with E-state index < -0.39 is 23.1 Å². The van der Waals surface area contributed by atoms with Gasteiger partial charge in [-0.2, -0.15) is 0 Å². The number of nitrogens with zero attached hydrogens (tertiary/aromatic N) is 1. The van der Waals surface area contributed by atoms with Crippen molar-refractivity contribution in [2.75, 3.05) is 12.4 Å². The number of hydrogen-bond acceptors (Lipinski definition) is 3. The third-order valence-corrected chi connectivity index (χ3v) is 3.84. The Bertz CT molecular complexity index is 907. The third kappa shape index (κ3) is 3.85. The minimum absolute atomic E-state index is 0.349. The monoisotopic (exact) mass is 354 g/mol. The van der Waals surface area contributed by atoms with E-state index in [9.17, 15) is 13.6 Å². The molecule has 0 fully saturated rings. The first-order valence-electron chi connectivity index (χ1n) is 7.90. The molecule has 3 rings (SSSR count). The molecule has 3 aromatic rings. The molecule has 0 aliphatic rings. The van der Waals surface area contributed by atoms with Gasteiger partial charge in [0.15, 0.2) is 0 Å². The van der Waals surface area contributed by atoms with E-state index in [1.165, 1.54) is 12.3 Å². The summed E-state index contributed by atoms with van der Waals surface area (Å²) in [5.74, 6) is -1.92. The van der Waals surface area contributed by atoms with Gasteiger partial charge in [-0.05, 0) is 30.3 Å². The second kappa shape index (κ2) is 7.74. The Kier molecular flexibility index (Phi) is 5.22. The van der Waals surface area contributed by atoms with Gasteiger partial charge in [0.1, 0.15) is 22.9 Å². The maximum absolute atomic E-state index is 13.7. The van der Waals surface area contributed by atoms with Gasteiger partial charge in [-0.15, -0.1) is 0 Å². The highest BCUT2D eigenvalue weighted by Gasteiger charge is 2.17. The summed E-state index contributed by atoms with van der Waals surface area (Å²) in [6.45, 7) is 0. The van der Waals surface area contributed by atoms with Crippen molar-refractivity contribution in [3.8, 4) is 5.75 Å². The van der Waals surface area contributed by atoms with Gasteiger partial charge in [0, 0.05) is 17.7 Å². The summed E-state index contributed by atoms with van der Waals surface area (Å²) < 4.78 is 32.6. The van der Waals surface area contributed by atoms with E-state index in [0.717, 1.165) is 29.1 Å². The Balaban J connectivity index is 1.73. The zero-order valence-corrected chi connectivity index (χ0v) is 14.0. The summed E-state index contributed by atoms with van der Waals surface area (Å²) in [6.07, 6.45) is 2.00. The number of halogens is 2. The highest BCUT2D eigenvalue weighted by molar-refractivity contribution is 6.04. The molecule has 2 aromatic carbocycles. The lowest BCUT2D eigenvalue weighted by Gasteiger charge is -2.09. The van der Waals surface area contributed by atoms with Crippen LogP contribution in [0.4, 0.5) is 14.5 Å². The minimum Gasteiger partial charge on any atom is -0.496 e. The fourth-order valence-electron chi connectivity index (χ4n) is 2.56. The van der Waals surface area contributed by atoms with Crippen molar-refractivity contribution in [2.45, 2.75) is 6.42 Å². The lowest BCUT2D eigenvalue weighted by molar-refractivity contribution is 0.101. The maximum atomic E-state index is 13.7. The van der Waals surface area contributed by atoms with Gasteiger partial charge in [0.25, 0.3) is 5.91 Å². The molecule has 4 nitrogen and oxygen atoms in total. The van der Waals surface area contributed by atoms with Crippen LogP contribution in [0.3, 0.4) is 0 Å². The van der Waals surface area contributed by atoms with Crippen LogP contribution >= 0.6 is 0 Å². The summed E-state index contributed by atoms with van der Waals surface area (Å²) in [7, 11) is 1.60. The number of carbonyl (C=O) groups excluding carboxylic acids is 1. The van der Waals surface area contributed by atoms with Crippen LogP contribution in [0, 0.1) is 11.6 Å². The number of ether oxygens (including phenoxy) is 1. The highest BCUT2D eigenvalue weighted by atomic mass is 19.1. The number of anilines is 1. The van der Waals surface area contributed by atoms with E-state index in [4.69, 9.17) is 4.74 Å². The number of methoxy groups -OCH3 is 1. The number of hydrogen-bond donors (Lipinski definition) is 1. The Morgan fingerprint density at radius 3 is 2.42 bits per heavy atom. The van der Waals surface area contributed by atoms with E-state index in [2.05, 4.69) is 10.3 Å². The van der Waals surface area contributed by atoms with Gasteiger partial charge < -0.3 is 10.1 Å². The molecule has 132 valence electrons. The molecule has 0 bridgehead atoms. The predicted octanol–water partition coefficient (Wildman–Crippen LogP) is 4.21. The minimum atomic E-state index is -0.914. The second-order valence-corrected chi connectivity index (χ2v) is 5.58. The van der Waals surface area contributed by atoms with Crippen molar-refractivity contribution < 1.29 is 18.3 Å². The summed E-state index contributed by atoms with van der Waals surface area (Å²) >= 11 is 0. The SMILES string of the molecule is COc1ccccc1Cc1ccc(NC(=O)c2c(F)cccc2F)cn1. The van der Waals surface area contributed by atoms with Crippen LogP contribution < -0.4 is 10.1 Å². The standard InChI is InChI=1S/C20H16F2N2O2/c1-26-18-8-3-2-5-13(18)11-14-9-10-15(12-23-14)24-20(25)19-16(21)6-4-7-17(19)22/h2-10,12H,11H2,1H3,(H,24,25). The van der Waals surface area contributed by atoms with E-state index in [1.807, 2.05) is 24.3 Å². The molecule has 0 spiro atoms. The van der Waals surface area contributed by atoms with Crippen molar-refractivity contribution >= 4 is 11.6 Å². The zero-order chi connectivity index (χ0) is 18.5. The van der Waals surface area contributed by atoms with E-state index >= 15 is 0 Å². The molecule has 1 aromatic heterocycles. The van der Waals surface area contributed by atoms with Crippen LogP contribution in [0.5, 0.6) is 5.75 Å². The van der Waals surface area contributed by atoms with Gasteiger partial charge in [0.2, 0.25) is 0 Å². The summed E-state index contributed by atoms with van der Waals surface area (Å²) in [5.41, 5.74) is 1.48. The first-order chi connectivity index (χ1) is 12.6. The average molecular weight is 354 g/mol. The average Bonchev–Trinajstić information content (AvgIpc) is 2.63. The fourth-order valence-corrected chi connectivity index (χ4v) is 2.56. The lowest BCUT2D eigenvalue weighted by atomic mass is 10.1. The van der Waals surface area contributed by atoms with Crippen LogP contribution in [-0.2, 0) is 6.42 Å². The molecule has 1 N–H and O–H groups in total. The van der Waals surface area contributed by atoms with Crippen molar-refractivity contribution in [3.05, 3.63) is 89.2 Å². The van der Waals surface area contributed by atoms with E-state index in [-0.39, 0.29) is 0 Å². The Morgan fingerprint density at radius 2 is 1.77 bits per heavy atom. The van der Waals surface area contributed by atoms with Gasteiger partial charge in [-0.1, -0.05) is 24.3 Å². The third-order valence-electron chi connectivity index (χ3n) is 3.84. The van der Waals surface area contributed by atoms with E-state index in [0.29, 0.717) is 12.1 Å². The van der Waals surface area contributed by atoms with Gasteiger partial charge in [-0.3, -0.25) is 9.78 Å². The van der Waals surface area contributed by atoms with Crippen LogP contribution in [0.15, 0.2) is 60.8 Å². The van der Waals surface area contributed by atoms with Crippen LogP contribution in [0.1, 0.15) is 21.6 Å². The number of pyridine rings is 1. The quantitative estimate of drug-likeness (QED) is 0.747. The lowest BCUT2D eigenvalue weighted by Crippen LogP contribution is -2.16. The molecular weight excluding hydrogens is 338 g/mol. The second-order valence-electron chi connectivity index (χ2n) is 5.58. The van der Waals surface area contributed by atoms with E-state index in [1.54, 1.807) is 19.2 Å². The topological polar surface area (TPSA) is 51.2 Å². The van der Waals surface area contributed by atoms with Crippen LogP contribution in [0.25, 0.3) is 0 Å². The fraction of sp³-hybridized carbons (Fsp3) is 0.100. The first kappa shape index (κ1) is 17.5. The zero-order valence-electron chi connectivity index (χ0n) is 14.0. The van der Waals surface area contributed by atoms with Crippen molar-refractivity contribution in [2.24, 2.45) is 0 Å². The molecule has 6 heteroatoms. The number of aromatic nitrogens is 1. The molecule has 0 aliphatic carbocycles. The highest BCUT2D eigenvalue weighted by Crippen LogP contribution is 2.21. The van der Waals surface area contributed by atoms with Gasteiger partial charge in [0.05, 0.1) is 19.0 Å². The first-order valence-corrected chi connectivity index (χ1v) is 7.90. The number of para-hydroxylation sites is 1. The Labute approximate surface area is 149 Å². The van der Waals surface area contributed by atoms with Crippen LogP contribution in [0.2, 0.25) is 0 Å². The molecule has 0 unspecified atom stereocenters. The molecule has 0 atom stereocenters. The molecule has 1 heterocycles.